The van der Waals surface area contributed by atoms with Crippen molar-refractivity contribution in [3.05, 3.63) is 36.3 Å². The Morgan fingerprint density at radius 1 is 1.19 bits per heavy atom. The Labute approximate surface area is 184 Å². The third-order valence-corrected chi connectivity index (χ3v) is 6.85. The number of halogens is 2. The lowest BCUT2D eigenvalue weighted by molar-refractivity contribution is -0.154. The van der Waals surface area contributed by atoms with Gasteiger partial charge in [-0.05, 0) is 50.5 Å². The van der Waals surface area contributed by atoms with Crippen LogP contribution >= 0.6 is 0 Å². The van der Waals surface area contributed by atoms with Crippen LogP contribution in [0.25, 0.3) is 22.4 Å². The molecule has 0 amide bonds. The van der Waals surface area contributed by atoms with Crippen LogP contribution in [-0.4, -0.2) is 38.1 Å². The minimum Gasteiger partial charge on any atom is -0.466 e. The quantitative estimate of drug-likeness (QED) is 0.601. The first-order valence-electron chi connectivity index (χ1n) is 11.0. The largest absolute Gasteiger partial charge is 0.466 e. The summed E-state index contributed by atoms with van der Waals surface area (Å²) in [4.78, 5) is 25.4. The summed E-state index contributed by atoms with van der Waals surface area (Å²) in [5, 5.41) is 3.77. The first-order valence-corrected chi connectivity index (χ1v) is 11.0. The molecule has 3 aliphatic carbocycles. The lowest BCUT2D eigenvalue weighted by Gasteiger charge is -2.47. The number of nitrogens with zero attached hydrogens (tertiary/aromatic N) is 4. The van der Waals surface area contributed by atoms with E-state index in [1.54, 1.807) is 24.7 Å². The van der Waals surface area contributed by atoms with Crippen molar-refractivity contribution in [2.75, 3.05) is 11.9 Å². The third-order valence-electron chi connectivity index (χ3n) is 6.85. The molecule has 3 aromatic heterocycles. The monoisotopic (exact) mass is 441 g/mol. The van der Waals surface area contributed by atoms with Gasteiger partial charge in [0.1, 0.15) is 11.5 Å². The highest BCUT2D eigenvalue weighted by molar-refractivity contribution is 5.92. The highest BCUT2D eigenvalue weighted by Crippen LogP contribution is 2.47. The molecule has 7 nitrogen and oxygen atoms in total. The van der Waals surface area contributed by atoms with E-state index in [-0.39, 0.29) is 41.4 Å². The number of hydrogen-bond donors (Lipinski definition) is 1. The number of nitrogens with one attached hydrogen (secondary N) is 1. The van der Waals surface area contributed by atoms with E-state index in [1.807, 2.05) is 0 Å². The van der Waals surface area contributed by atoms with E-state index in [2.05, 4.69) is 20.3 Å². The Morgan fingerprint density at radius 2 is 1.94 bits per heavy atom. The molecule has 2 atom stereocenters. The Bertz CT molecular complexity index is 1170. The van der Waals surface area contributed by atoms with E-state index < -0.39 is 11.6 Å². The average molecular weight is 441 g/mol. The van der Waals surface area contributed by atoms with Crippen LogP contribution in [-0.2, 0) is 16.6 Å². The first-order chi connectivity index (χ1) is 15.5. The number of aromatic nitrogens is 4. The molecule has 32 heavy (non-hydrogen) atoms. The second-order valence-electron chi connectivity index (χ2n) is 8.69. The van der Waals surface area contributed by atoms with E-state index in [9.17, 15) is 13.6 Å². The molecule has 3 aromatic rings. The highest BCUT2D eigenvalue weighted by atomic mass is 19.1. The normalized spacial score (nSPS) is 24.6. The number of carbonyl (C=O) groups excluding carboxylic acids is 1. The molecule has 0 spiro atoms. The Hall–Kier alpha value is -3.10. The topological polar surface area (TPSA) is 81.9 Å². The molecule has 9 heteroatoms. The van der Waals surface area contributed by atoms with Crippen molar-refractivity contribution in [3.63, 3.8) is 0 Å². The second-order valence-corrected chi connectivity index (χ2v) is 8.69. The molecule has 0 saturated heterocycles. The zero-order valence-corrected chi connectivity index (χ0v) is 18.0. The van der Waals surface area contributed by atoms with Gasteiger partial charge in [-0.1, -0.05) is 0 Å². The maximum absolute atomic E-state index is 14.8. The van der Waals surface area contributed by atoms with Crippen LogP contribution < -0.4 is 5.32 Å². The summed E-state index contributed by atoms with van der Waals surface area (Å²) in [6.07, 6.45) is 7.96. The summed E-state index contributed by atoms with van der Waals surface area (Å²) < 4.78 is 35.7. The van der Waals surface area contributed by atoms with Crippen LogP contribution in [0.2, 0.25) is 0 Å². The molecular weight excluding hydrogens is 416 g/mol. The maximum atomic E-state index is 14.8. The molecule has 0 aromatic carbocycles. The zero-order chi connectivity index (χ0) is 22.4. The fraction of sp³-hybridized carbons (Fsp3) is 0.478. The van der Waals surface area contributed by atoms with Gasteiger partial charge in [0.25, 0.3) is 0 Å². The molecule has 2 bridgehead atoms. The smallest absolute Gasteiger partial charge is 0.311 e. The summed E-state index contributed by atoms with van der Waals surface area (Å²) in [6, 6.07) is 1.12. The van der Waals surface area contributed by atoms with Crippen molar-refractivity contribution in [1.82, 2.24) is 19.5 Å². The zero-order valence-electron chi connectivity index (χ0n) is 18.0. The minimum absolute atomic E-state index is 0.0446. The van der Waals surface area contributed by atoms with Crippen LogP contribution in [0, 0.1) is 29.4 Å². The summed E-state index contributed by atoms with van der Waals surface area (Å²) in [6.45, 7) is 2.11. The summed E-state index contributed by atoms with van der Waals surface area (Å²) in [5.74, 6) is -0.830. The Morgan fingerprint density at radius 3 is 2.69 bits per heavy atom. The molecule has 3 aliphatic rings. The van der Waals surface area contributed by atoms with Gasteiger partial charge in [-0.2, -0.15) is 0 Å². The predicted molar refractivity (Wildman–Crippen MR) is 115 cm³/mol. The number of pyridine rings is 1. The summed E-state index contributed by atoms with van der Waals surface area (Å²) in [5.41, 5.74) is 1.14. The maximum Gasteiger partial charge on any atom is 0.311 e. The fourth-order valence-corrected chi connectivity index (χ4v) is 5.40. The number of fused-ring (bicyclic) bond motifs is 4. The number of carbonyl (C=O) groups is 1. The van der Waals surface area contributed by atoms with Gasteiger partial charge in [-0.15, -0.1) is 0 Å². The summed E-state index contributed by atoms with van der Waals surface area (Å²) in [7, 11) is 1.79. The van der Waals surface area contributed by atoms with Crippen molar-refractivity contribution in [2.24, 2.45) is 24.8 Å². The fourth-order valence-electron chi connectivity index (χ4n) is 5.40. The molecule has 6 rings (SSSR count). The van der Waals surface area contributed by atoms with Gasteiger partial charge in [-0.25, -0.2) is 23.7 Å². The molecule has 168 valence electrons. The Kier molecular flexibility index (Phi) is 5.27. The minimum atomic E-state index is -0.595. The van der Waals surface area contributed by atoms with E-state index >= 15 is 0 Å². The molecule has 2 unspecified atom stereocenters. The van der Waals surface area contributed by atoms with Gasteiger partial charge >= 0.3 is 5.97 Å². The van der Waals surface area contributed by atoms with Gasteiger partial charge in [-0.3, -0.25) is 4.79 Å². The number of ether oxygens (including phenoxy) is 1. The number of anilines is 1. The second kappa shape index (κ2) is 8.11. The number of hydrogen-bond acceptors (Lipinski definition) is 6. The van der Waals surface area contributed by atoms with E-state index in [0.29, 0.717) is 23.2 Å². The number of rotatable bonds is 5. The third kappa shape index (κ3) is 3.49. The van der Waals surface area contributed by atoms with Crippen LogP contribution in [0.5, 0.6) is 0 Å². The van der Waals surface area contributed by atoms with E-state index in [0.717, 1.165) is 38.1 Å². The standard InChI is InChI=1S/C23H25F2N5O2/c1-3-32-23(31)18-12-4-6-13(7-5-12)19(18)28-21-17(25)10-26-20(29-21)16-11-30(2)22-15(16)8-14(24)9-27-22/h8-13,18-19H,3-7H2,1-2H3,(H,26,28,29). The molecule has 0 aliphatic heterocycles. The Balaban J connectivity index is 1.51. The van der Waals surface area contributed by atoms with Crippen LogP contribution in [0.3, 0.4) is 0 Å². The van der Waals surface area contributed by atoms with Crippen molar-refractivity contribution in [1.29, 1.82) is 0 Å². The first kappa shape index (κ1) is 20.8. The SMILES string of the molecule is CCOC(=O)C1C2CCC(CC2)C1Nc1nc(-c2cn(C)c3ncc(F)cc23)ncc1F. The molecular formula is C23H25F2N5O2. The van der Waals surface area contributed by atoms with Crippen molar-refractivity contribution in [2.45, 2.75) is 38.6 Å². The van der Waals surface area contributed by atoms with Gasteiger partial charge in [0.15, 0.2) is 17.5 Å². The van der Waals surface area contributed by atoms with Crippen LogP contribution in [0.4, 0.5) is 14.6 Å². The van der Waals surface area contributed by atoms with Gasteiger partial charge in [0.05, 0.1) is 24.9 Å². The summed E-state index contributed by atoms with van der Waals surface area (Å²) >= 11 is 0. The average Bonchev–Trinajstić information content (AvgIpc) is 3.11. The van der Waals surface area contributed by atoms with Crippen molar-refractivity contribution in [3.8, 4) is 11.4 Å². The number of esters is 1. The van der Waals surface area contributed by atoms with Gasteiger partial charge in [0.2, 0.25) is 0 Å². The predicted octanol–water partition coefficient (Wildman–Crippen LogP) is 4.09. The van der Waals surface area contributed by atoms with Gasteiger partial charge in [0, 0.05) is 30.2 Å². The molecule has 3 heterocycles. The lowest BCUT2D eigenvalue weighted by atomic mass is 9.61. The molecule has 3 saturated carbocycles. The van der Waals surface area contributed by atoms with Crippen molar-refractivity contribution < 1.29 is 18.3 Å². The van der Waals surface area contributed by atoms with E-state index in [1.165, 1.54) is 6.07 Å². The molecule has 0 radical (unpaired) electrons. The lowest BCUT2D eigenvalue weighted by Crippen LogP contribution is -2.52. The van der Waals surface area contributed by atoms with Crippen LogP contribution in [0.15, 0.2) is 24.7 Å². The molecule has 3 fully saturated rings. The van der Waals surface area contributed by atoms with Crippen molar-refractivity contribution >= 4 is 22.8 Å². The molecule has 1 N–H and O–H groups in total. The van der Waals surface area contributed by atoms with E-state index in [4.69, 9.17) is 4.74 Å². The number of aryl methyl sites for hydroxylation is 1. The van der Waals surface area contributed by atoms with Crippen LogP contribution in [0.1, 0.15) is 32.6 Å². The van der Waals surface area contributed by atoms with Gasteiger partial charge < -0.3 is 14.6 Å². The highest BCUT2D eigenvalue weighted by Gasteiger charge is 2.48.